The van der Waals surface area contributed by atoms with Crippen LogP contribution in [-0.4, -0.2) is 12.1 Å². The number of nitrogens with one attached hydrogen (secondary N) is 1. The topological polar surface area (TPSA) is 38.2 Å². The number of H-pyrrole nitrogens is 1. The number of methoxy groups -OCH3 is 1. The maximum absolute atomic E-state index is 5.27. The highest BCUT2D eigenvalue weighted by Crippen LogP contribution is 2.32. The molecule has 3 nitrogen and oxygen atoms in total. The van der Waals surface area contributed by atoms with Gasteiger partial charge in [-0.05, 0) is 40.3 Å². The Morgan fingerprint density at radius 1 is 1.54 bits per heavy atom. The third-order valence-electron chi connectivity index (χ3n) is 1.71. The number of rotatable bonds is 1. The molecule has 1 aromatic heterocycles. The molecular formula is C8H6BrNO2S. The van der Waals surface area contributed by atoms with Crippen LogP contribution in [0.2, 0.25) is 0 Å². The van der Waals surface area contributed by atoms with Crippen molar-refractivity contribution in [2.24, 2.45) is 0 Å². The second kappa shape index (κ2) is 3.16. The Morgan fingerprint density at radius 3 is 3.00 bits per heavy atom. The third kappa shape index (κ3) is 1.38. The highest BCUT2D eigenvalue weighted by atomic mass is 79.9. The third-order valence-corrected chi connectivity index (χ3v) is 2.65. The average molecular weight is 260 g/mol. The van der Waals surface area contributed by atoms with Crippen molar-refractivity contribution in [1.82, 2.24) is 4.98 Å². The van der Waals surface area contributed by atoms with Gasteiger partial charge in [0.2, 0.25) is 0 Å². The summed E-state index contributed by atoms with van der Waals surface area (Å²) in [7, 11) is 1.60. The largest absolute Gasteiger partial charge is 0.495 e. The molecule has 2 rings (SSSR count). The number of benzene rings is 1. The minimum atomic E-state index is 0.365. The number of hydrogen-bond donors (Lipinski definition) is 1. The van der Waals surface area contributed by atoms with Crippen molar-refractivity contribution in [3.63, 3.8) is 0 Å². The number of aromatic amines is 1. The van der Waals surface area contributed by atoms with E-state index in [0.717, 1.165) is 15.7 Å². The lowest BCUT2D eigenvalue weighted by atomic mass is 10.3. The molecule has 0 aliphatic carbocycles. The summed E-state index contributed by atoms with van der Waals surface area (Å²) >= 11 is 8.24. The Morgan fingerprint density at radius 2 is 2.31 bits per heavy atom. The summed E-state index contributed by atoms with van der Waals surface area (Å²) in [6.45, 7) is 0. The molecule has 1 heterocycles. The number of oxazole rings is 1. The summed E-state index contributed by atoms with van der Waals surface area (Å²) in [5.74, 6) is 0.727. The van der Waals surface area contributed by atoms with E-state index in [1.165, 1.54) is 0 Å². The van der Waals surface area contributed by atoms with Gasteiger partial charge in [0.05, 0.1) is 12.6 Å². The second-order valence-corrected chi connectivity index (χ2v) is 3.64. The van der Waals surface area contributed by atoms with Crippen LogP contribution < -0.4 is 4.74 Å². The summed E-state index contributed by atoms with van der Waals surface area (Å²) in [6.07, 6.45) is 0. The molecular weight excluding hydrogens is 254 g/mol. The van der Waals surface area contributed by atoms with Gasteiger partial charge in [0, 0.05) is 0 Å². The minimum Gasteiger partial charge on any atom is -0.495 e. The summed E-state index contributed by atoms with van der Waals surface area (Å²) in [6, 6.07) is 3.70. The van der Waals surface area contributed by atoms with Crippen LogP contribution in [0.25, 0.3) is 11.1 Å². The molecule has 0 fully saturated rings. The lowest BCUT2D eigenvalue weighted by molar-refractivity contribution is 0.411. The van der Waals surface area contributed by atoms with Gasteiger partial charge >= 0.3 is 0 Å². The number of hydrogen-bond acceptors (Lipinski definition) is 3. The van der Waals surface area contributed by atoms with Crippen molar-refractivity contribution < 1.29 is 9.15 Å². The first-order chi connectivity index (χ1) is 6.22. The van der Waals surface area contributed by atoms with E-state index >= 15 is 0 Å². The van der Waals surface area contributed by atoms with Crippen LogP contribution in [0.3, 0.4) is 0 Å². The van der Waals surface area contributed by atoms with Crippen molar-refractivity contribution in [3.05, 3.63) is 21.4 Å². The molecule has 0 aliphatic heterocycles. The first-order valence-corrected chi connectivity index (χ1v) is 4.78. The second-order valence-electron chi connectivity index (χ2n) is 2.47. The van der Waals surface area contributed by atoms with Gasteiger partial charge in [0.1, 0.15) is 10.2 Å². The summed E-state index contributed by atoms with van der Waals surface area (Å²) < 4.78 is 11.2. The van der Waals surface area contributed by atoms with Gasteiger partial charge in [-0.2, -0.15) is 0 Å². The van der Waals surface area contributed by atoms with Gasteiger partial charge in [-0.25, -0.2) is 0 Å². The zero-order valence-electron chi connectivity index (χ0n) is 6.76. The van der Waals surface area contributed by atoms with E-state index in [9.17, 15) is 0 Å². The van der Waals surface area contributed by atoms with E-state index in [2.05, 4.69) is 20.9 Å². The van der Waals surface area contributed by atoms with E-state index in [4.69, 9.17) is 21.4 Å². The van der Waals surface area contributed by atoms with Crippen LogP contribution >= 0.6 is 28.1 Å². The molecule has 0 saturated heterocycles. The normalized spacial score (nSPS) is 10.6. The fourth-order valence-corrected chi connectivity index (χ4v) is 1.90. The van der Waals surface area contributed by atoms with Crippen LogP contribution in [0.1, 0.15) is 0 Å². The minimum absolute atomic E-state index is 0.365. The Bertz CT molecular complexity index is 502. The number of ether oxygens (including phenoxy) is 1. The van der Waals surface area contributed by atoms with E-state index in [1.54, 1.807) is 7.11 Å². The predicted molar refractivity (Wildman–Crippen MR) is 55.7 cm³/mol. The van der Waals surface area contributed by atoms with Crippen molar-refractivity contribution >= 4 is 39.2 Å². The highest BCUT2D eigenvalue weighted by molar-refractivity contribution is 9.10. The average Bonchev–Trinajstić information content (AvgIpc) is 2.47. The molecule has 68 valence electrons. The molecule has 0 saturated carbocycles. The maximum Gasteiger partial charge on any atom is 0.266 e. The summed E-state index contributed by atoms with van der Waals surface area (Å²) in [4.78, 5) is 3.28. The fraction of sp³-hybridized carbons (Fsp3) is 0.125. The molecule has 13 heavy (non-hydrogen) atoms. The molecule has 0 atom stereocenters. The van der Waals surface area contributed by atoms with Gasteiger partial charge in [-0.15, -0.1) is 0 Å². The summed E-state index contributed by atoms with van der Waals surface area (Å²) in [5.41, 5.74) is 1.54. The van der Waals surface area contributed by atoms with E-state index in [1.807, 2.05) is 12.1 Å². The van der Waals surface area contributed by atoms with E-state index in [-0.39, 0.29) is 0 Å². The van der Waals surface area contributed by atoms with Crippen LogP contribution in [0.4, 0.5) is 0 Å². The van der Waals surface area contributed by atoms with Crippen LogP contribution in [0.5, 0.6) is 5.75 Å². The molecule has 1 N–H and O–H groups in total. The van der Waals surface area contributed by atoms with Gasteiger partial charge in [0.15, 0.2) is 5.58 Å². The smallest absolute Gasteiger partial charge is 0.266 e. The Balaban J connectivity index is 2.85. The Kier molecular flexibility index (Phi) is 2.13. The monoisotopic (exact) mass is 259 g/mol. The van der Waals surface area contributed by atoms with Gasteiger partial charge in [0.25, 0.3) is 4.84 Å². The van der Waals surface area contributed by atoms with Gasteiger partial charge < -0.3 is 14.1 Å². The van der Waals surface area contributed by atoms with Crippen molar-refractivity contribution in [2.75, 3.05) is 7.11 Å². The molecule has 0 spiro atoms. The molecule has 0 unspecified atom stereocenters. The van der Waals surface area contributed by atoms with E-state index in [0.29, 0.717) is 10.4 Å². The van der Waals surface area contributed by atoms with Crippen molar-refractivity contribution in [1.29, 1.82) is 0 Å². The van der Waals surface area contributed by atoms with Crippen LogP contribution in [-0.2, 0) is 0 Å². The zero-order valence-corrected chi connectivity index (χ0v) is 9.16. The molecule has 2 aromatic rings. The molecule has 0 aliphatic rings. The molecule has 5 heteroatoms. The lowest BCUT2D eigenvalue weighted by Gasteiger charge is -2.01. The van der Waals surface area contributed by atoms with Crippen LogP contribution in [0, 0.1) is 4.84 Å². The first kappa shape index (κ1) is 8.77. The predicted octanol–water partition coefficient (Wildman–Crippen LogP) is 3.26. The van der Waals surface area contributed by atoms with E-state index < -0.39 is 0 Å². The molecule has 0 radical (unpaired) electrons. The Hall–Kier alpha value is -0.810. The zero-order chi connectivity index (χ0) is 9.42. The van der Waals surface area contributed by atoms with Crippen molar-refractivity contribution in [2.45, 2.75) is 0 Å². The number of halogens is 1. The maximum atomic E-state index is 5.27. The Labute approximate surface area is 87.8 Å². The number of fused-ring (bicyclic) bond motifs is 1. The molecule has 0 bridgehead atoms. The fourth-order valence-electron chi connectivity index (χ4n) is 1.12. The summed E-state index contributed by atoms with van der Waals surface area (Å²) in [5, 5.41) is 0. The van der Waals surface area contributed by atoms with Crippen molar-refractivity contribution in [3.8, 4) is 5.75 Å². The number of aromatic nitrogens is 1. The molecule has 0 amide bonds. The molecule has 1 aromatic carbocycles. The van der Waals surface area contributed by atoms with Gasteiger partial charge in [-0.3, -0.25) is 0 Å². The lowest BCUT2D eigenvalue weighted by Crippen LogP contribution is -1.83. The quantitative estimate of drug-likeness (QED) is 0.800. The first-order valence-electron chi connectivity index (χ1n) is 3.57. The SMILES string of the molecule is COc1ccc2[nH]c(=S)oc2c1Br. The van der Waals surface area contributed by atoms with Gasteiger partial charge in [-0.1, -0.05) is 0 Å². The van der Waals surface area contributed by atoms with Crippen LogP contribution in [0.15, 0.2) is 21.0 Å². The standard InChI is InChI=1S/C8H6BrNO2S/c1-11-5-3-2-4-7(6(5)9)12-8(13)10-4/h2-3H,1H3,(H,10,13). The highest BCUT2D eigenvalue weighted by Gasteiger charge is 2.08.